The van der Waals surface area contributed by atoms with Gasteiger partial charge in [0.05, 0.1) is 0 Å². The number of rotatable bonds is 3. The van der Waals surface area contributed by atoms with Crippen molar-refractivity contribution >= 4 is 11.9 Å². The van der Waals surface area contributed by atoms with Crippen LogP contribution in [0.2, 0.25) is 0 Å². The lowest BCUT2D eigenvalue weighted by Gasteiger charge is -2.34. The molecule has 0 fully saturated rings. The Morgan fingerprint density at radius 1 is 1.00 bits per heavy atom. The highest BCUT2D eigenvalue weighted by Crippen LogP contribution is 2.41. The highest BCUT2D eigenvalue weighted by molar-refractivity contribution is 6.03. The second-order valence-corrected chi connectivity index (χ2v) is 5.21. The number of carbonyl (C=O) groups is 2. The van der Waals surface area contributed by atoms with Gasteiger partial charge in [-0.1, -0.05) is 54.1 Å². The molecule has 104 valence electrons. The lowest BCUT2D eigenvalue weighted by atomic mass is 9.68. The first-order chi connectivity index (χ1) is 9.33. The fraction of sp³-hybridized carbons (Fsp3) is 0.250. The molecule has 0 aliphatic heterocycles. The van der Waals surface area contributed by atoms with Crippen LogP contribution in [0.1, 0.15) is 19.4 Å². The van der Waals surface area contributed by atoms with Gasteiger partial charge in [0.2, 0.25) is 5.41 Å². The number of hydrogen-bond donors (Lipinski definition) is 2. The van der Waals surface area contributed by atoms with Gasteiger partial charge in [0.15, 0.2) is 0 Å². The molecule has 0 saturated heterocycles. The molecule has 0 spiro atoms. The Bertz CT molecular complexity index is 599. The first-order valence-corrected chi connectivity index (χ1v) is 6.25. The maximum atomic E-state index is 11.3. The monoisotopic (exact) mass is 272 g/mol. The van der Waals surface area contributed by atoms with Gasteiger partial charge in [0, 0.05) is 5.41 Å². The summed E-state index contributed by atoms with van der Waals surface area (Å²) in [4.78, 5) is 22.7. The first-order valence-electron chi connectivity index (χ1n) is 6.25. The van der Waals surface area contributed by atoms with E-state index in [1.807, 2.05) is 37.3 Å². The molecule has 2 N–H and O–H groups in total. The average molecular weight is 272 g/mol. The van der Waals surface area contributed by atoms with Crippen LogP contribution in [0.25, 0.3) is 0 Å². The quantitative estimate of drug-likeness (QED) is 0.655. The van der Waals surface area contributed by atoms with Crippen LogP contribution < -0.4 is 0 Å². The normalized spacial score (nSPS) is 24.0. The van der Waals surface area contributed by atoms with Crippen molar-refractivity contribution in [1.29, 1.82) is 0 Å². The molecule has 0 saturated carbocycles. The van der Waals surface area contributed by atoms with Crippen molar-refractivity contribution in [3.05, 3.63) is 59.7 Å². The minimum Gasteiger partial charge on any atom is -0.480 e. The van der Waals surface area contributed by atoms with E-state index in [2.05, 4.69) is 0 Å². The molecule has 1 unspecified atom stereocenters. The molecule has 4 nitrogen and oxygen atoms in total. The number of carboxylic acid groups (broad SMARTS) is 2. The van der Waals surface area contributed by atoms with Gasteiger partial charge >= 0.3 is 11.9 Å². The van der Waals surface area contributed by atoms with Crippen LogP contribution in [-0.4, -0.2) is 22.2 Å². The highest BCUT2D eigenvalue weighted by atomic mass is 16.4. The fourth-order valence-electron chi connectivity index (χ4n) is 2.43. The van der Waals surface area contributed by atoms with Gasteiger partial charge in [-0.15, -0.1) is 0 Å². The maximum Gasteiger partial charge on any atom is 0.328 e. The minimum absolute atomic E-state index is 0.490. The molecule has 0 aromatic heterocycles. The van der Waals surface area contributed by atoms with Crippen molar-refractivity contribution in [1.82, 2.24) is 0 Å². The van der Waals surface area contributed by atoms with Crippen LogP contribution in [0, 0.1) is 5.41 Å². The van der Waals surface area contributed by atoms with Gasteiger partial charge in [-0.3, -0.25) is 9.59 Å². The Hall–Kier alpha value is -2.36. The zero-order valence-electron chi connectivity index (χ0n) is 11.3. The van der Waals surface area contributed by atoms with Gasteiger partial charge in [-0.25, -0.2) is 0 Å². The van der Waals surface area contributed by atoms with Crippen LogP contribution in [0.5, 0.6) is 0 Å². The zero-order chi connectivity index (χ0) is 15.0. The van der Waals surface area contributed by atoms with Gasteiger partial charge in [-0.05, 0) is 19.4 Å². The number of hydrogen-bond acceptors (Lipinski definition) is 2. The molecule has 1 aromatic carbocycles. The molecule has 4 heteroatoms. The predicted octanol–water partition coefficient (Wildman–Crippen LogP) is 2.62. The molecule has 0 bridgehead atoms. The minimum atomic E-state index is -1.97. The summed E-state index contributed by atoms with van der Waals surface area (Å²) in [5.74, 6) is -2.76. The van der Waals surface area contributed by atoms with E-state index in [0.717, 1.165) is 5.56 Å². The molecule has 0 amide bonds. The van der Waals surface area contributed by atoms with Crippen molar-refractivity contribution in [2.45, 2.75) is 19.3 Å². The summed E-state index contributed by atoms with van der Waals surface area (Å²) in [6.07, 6.45) is 4.25. The van der Waals surface area contributed by atoms with Gasteiger partial charge < -0.3 is 10.2 Å². The first kappa shape index (κ1) is 14.1. The summed E-state index contributed by atoms with van der Waals surface area (Å²) in [7, 11) is 0. The van der Waals surface area contributed by atoms with Gasteiger partial charge in [0.25, 0.3) is 0 Å². The summed E-state index contributed by atoms with van der Waals surface area (Å²) in [6.45, 7) is 3.70. The van der Waals surface area contributed by atoms with E-state index >= 15 is 0 Å². The van der Waals surface area contributed by atoms with E-state index in [0.29, 0.717) is 5.57 Å². The molecular weight excluding hydrogens is 256 g/mol. The number of aliphatic carboxylic acids is 2. The van der Waals surface area contributed by atoms with Crippen molar-refractivity contribution < 1.29 is 19.8 Å². The molecule has 1 atom stereocenters. The molecular formula is C16H16O4. The summed E-state index contributed by atoms with van der Waals surface area (Å²) in [5.41, 5.74) is -0.765. The lowest BCUT2D eigenvalue weighted by Crippen LogP contribution is -2.40. The molecule has 1 aliphatic rings. The smallest absolute Gasteiger partial charge is 0.328 e. The third-order valence-electron chi connectivity index (χ3n) is 4.02. The summed E-state index contributed by atoms with van der Waals surface area (Å²) in [6, 6.07) is 9.58. The molecule has 2 rings (SSSR count). The topological polar surface area (TPSA) is 74.6 Å². The van der Waals surface area contributed by atoms with Crippen molar-refractivity contribution in [3.8, 4) is 0 Å². The number of allylic oxidation sites excluding steroid dienone is 2. The van der Waals surface area contributed by atoms with Gasteiger partial charge in [-0.2, -0.15) is 0 Å². The third kappa shape index (κ3) is 1.93. The Morgan fingerprint density at radius 2 is 1.55 bits per heavy atom. The SMILES string of the molecule is CC1=CC(C(=O)O)(C(=O)O)C=CC1(C)c1ccccc1. The zero-order valence-corrected chi connectivity index (χ0v) is 11.3. The molecule has 1 aromatic rings. The van der Waals surface area contributed by atoms with Crippen molar-refractivity contribution in [2.24, 2.45) is 5.41 Å². The van der Waals surface area contributed by atoms with Crippen LogP contribution in [0.15, 0.2) is 54.1 Å². The van der Waals surface area contributed by atoms with E-state index in [1.54, 1.807) is 13.0 Å². The lowest BCUT2D eigenvalue weighted by molar-refractivity contribution is -0.157. The summed E-state index contributed by atoms with van der Waals surface area (Å²) >= 11 is 0. The highest BCUT2D eigenvalue weighted by Gasteiger charge is 2.46. The Labute approximate surface area is 117 Å². The summed E-state index contributed by atoms with van der Waals surface area (Å²) < 4.78 is 0. The van der Waals surface area contributed by atoms with E-state index in [1.165, 1.54) is 12.2 Å². The van der Waals surface area contributed by atoms with Crippen molar-refractivity contribution in [2.75, 3.05) is 0 Å². The summed E-state index contributed by atoms with van der Waals surface area (Å²) in [5, 5.41) is 18.5. The Kier molecular flexibility index (Phi) is 3.26. The van der Waals surface area contributed by atoms with E-state index in [4.69, 9.17) is 0 Å². The second kappa shape index (κ2) is 4.63. The fourth-order valence-corrected chi connectivity index (χ4v) is 2.43. The van der Waals surface area contributed by atoms with Crippen molar-refractivity contribution in [3.63, 3.8) is 0 Å². The molecule has 0 radical (unpaired) electrons. The maximum absolute atomic E-state index is 11.3. The average Bonchev–Trinajstić information content (AvgIpc) is 2.42. The van der Waals surface area contributed by atoms with E-state index < -0.39 is 22.8 Å². The van der Waals surface area contributed by atoms with Crippen LogP contribution in [0.4, 0.5) is 0 Å². The standard InChI is InChI=1S/C16H16O4/c1-11-10-16(13(17)18,14(19)20)9-8-15(11,2)12-6-4-3-5-7-12/h3-10H,1-2H3,(H,17,18)(H,19,20). The number of carboxylic acids is 2. The third-order valence-corrected chi connectivity index (χ3v) is 4.02. The van der Waals surface area contributed by atoms with Crippen LogP contribution in [-0.2, 0) is 15.0 Å². The number of benzene rings is 1. The van der Waals surface area contributed by atoms with E-state index in [9.17, 15) is 19.8 Å². The van der Waals surface area contributed by atoms with Crippen LogP contribution >= 0.6 is 0 Å². The Balaban J connectivity index is 2.54. The van der Waals surface area contributed by atoms with E-state index in [-0.39, 0.29) is 0 Å². The largest absolute Gasteiger partial charge is 0.480 e. The van der Waals surface area contributed by atoms with Crippen LogP contribution in [0.3, 0.4) is 0 Å². The van der Waals surface area contributed by atoms with Gasteiger partial charge in [0.1, 0.15) is 0 Å². The second-order valence-electron chi connectivity index (χ2n) is 5.21. The molecule has 20 heavy (non-hydrogen) atoms. The predicted molar refractivity (Wildman–Crippen MR) is 74.4 cm³/mol. The molecule has 0 heterocycles. The Morgan fingerprint density at radius 3 is 2.00 bits per heavy atom. The molecule has 1 aliphatic carbocycles.